The van der Waals surface area contributed by atoms with E-state index in [1.54, 1.807) is 48.5 Å². The van der Waals surface area contributed by atoms with Crippen LogP contribution in [0.3, 0.4) is 0 Å². The lowest BCUT2D eigenvalue weighted by Gasteiger charge is -2.06. The third-order valence-corrected chi connectivity index (χ3v) is 7.18. The lowest BCUT2D eigenvalue weighted by molar-refractivity contribution is 0.242. The van der Waals surface area contributed by atoms with E-state index >= 15 is 0 Å². The third-order valence-electron chi connectivity index (χ3n) is 4.64. The second kappa shape index (κ2) is 5.89. The lowest BCUT2D eigenvalue weighted by Crippen LogP contribution is -2.18. The molecule has 0 bridgehead atoms. The van der Waals surface area contributed by atoms with Gasteiger partial charge in [0.1, 0.15) is 5.41 Å². The number of aliphatic hydroxyl groups is 1. The molecule has 1 aliphatic carbocycles. The fourth-order valence-electron chi connectivity index (χ4n) is 3.23. The van der Waals surface area contributed by atoms with Gasteiger partial charge in [-0.2, -0.15) is 5.26 Å². The predicted octanol–water partition coefficient (Wildman–Crippen LogP) is 3.09. The highest BCUT2D eigenvalue weighted by Crippen LogP contribution is 2.63. The Hall–Kier alpha value is -1.87. The normalized spacial score (nSPS) is 25.9. The molecule has 0 amide bonds. The molecule has 0 saturated heterocycles. The molecule has 0 aliphatic heterocycles. The van der Waals surface area contributed by atoms with Gasteiger partial charge in [-0.1, -0.05) is 41.4 Å². The van der Waals surface area contributed by atoms with Crippen LogP contribution in [0.2, 0.25) is 5.02 Å². The second-order valence-electron chi connectivity index (χ2n) is 6.12. The van der Waals surface area contributed by atoms with Crippen LogP contribution in [-0.2, 0) is 9.84 Å². The van der Waals surface area contributed by atoms with Crippen LogP contribution in [0.15, 0.2) is 53.4 Å². The number of nitriles is 1. The molecule has 1 aliphatic rings. The Balaban J connectivity index is 2.06. The van der Waals surface area contributed by atoms with Crippen molar-refractivity contribution in [2.45, 2.75) is 23.0 Å². The highest BCUT2D eigenvalue weighted by molar-refractivity contribution is 7.92. The van der Waals surface area contributed by atoms with Crippen molar-refractivity contribution in [3.8, 4) is 6.07 Å². The largest absolute Gasteiger partial charge is 0.395 e. The Morgan fingerprint density at radius 2 is 1.75 bits per heavy atom. The van der Waals surface area contributed by atoms with Gasteiger partial charge in [-0.05, 0) is 36.8 Å². The van der Waals surface area contributed by atoms with Crippen molar-refractivity contribution in [3.63, 3.8) is 0 Å². The van der Waals surface area contributed by atoms with E-state index < -0.39 is 33.0 Å². The van der Waals surface area contributed by atoms with E-state index in [0.717, 1.165) is 5.56 Å². The van der Waals surface area contributed by atoms with Gasteiger partial charge in [-0.3, -0.25) is 0 Å². The van der Waals surface area contributed by atoms with Crippen molar-refractivity contribution in [2.24, 2.45) is 5.41 Å². The molecule has 3 atom stereocenters. The number of benzene rings is 2. The molecule has 0 heterocycles. The first-order chi connectivity index (χ1) is 11.4. The van der Waals surface area contributed by atoms with Crippen LogP contribution in [0.1, 0.15) is 17.0 Å². The maximum atomic E-state index is 13.0. The van der Waals surface area contributed by atoms with E-state index in [9.17, 15) is 18.8 Å². The molecule has 0 unspecified atom stereocenters. The minimum atomic E-state index is -3.74. The van der Waals surface area contributed by atoms with Gasteiger partial charge in [0.2, 0.25) is 0 Å². The zero-order chi connectivity index (χ0) is 17.5. The van der Waals surface area contributed by atoms with E-state index in [1.807, 2.05) is 13.0 Å². The number of hydrogen-bond acceptors (Lipinski definition) is 4. The van der Waals surface area contributed by atoms with Gasteiger partial charge in [0, 0.05) is 10.9 Å². The average molecular weight is 362 g/mol. The Morgan fingerprint density at radius 3 is 2.25 bits per heavy atom. The van der Waals surface area contributed by atoms with Gasteiger partial charge in [0.15, 0.2) is 9.84 Å². The second-order valence-corrected chi connectivity index (χ2v) is 8.62. The number of hydrogen-bond donors (Lipinski definition) is 1. The van der Waals surface area contributed by atoms with Crippen molar-refractivity contribution >= 4 is 21.4 Å². The molecule has 1 fully saturated rings. The molecule has 6 heteroatoms. The molecule has 2 aromatic rings. The van der Waals surface area contributed by atoms with Gasteiger partial charge in [-0.15, -0.1) is 0 Å². The Morgan fingerprint density at radius 1 is 1.17 bits per heavy atom. The van der Waals surface area contributed by atoms with Crippen LogP contribution in [0.25, 0.3) is 0 Å². The van der Waals surface area contributed by atoms with Crippen molar-refractivity contribution in [2.75, 3.05) is 6.61 Å². The molecular weight excluding hydrogens is 346 g/mol. The Labute approximate surface area is 146 Å². The Kier molecular flexibility index (Phi) is 4.16. The number of aliphatic hydroxyl groups excluding tert-OH is 1. The van der Waals surface area contributed by atoms with Crippen LogP contribution in [0, 0.1) is 23.7 Å². The monoisotopic (exact) mass is 361 g/mol. The number of rotatable bonds is 4. The first-order valence-electron chi connectivity index (χ1n) is 7.45. The summed E-state index contributed by atoms with van der Waals surface area (Å²) in [4.78, 5) is 0.169. The minimum absolute atomic E-state index is 0.169. The van der Waals surface area contributed by atoms with Crippen molar-refractivity contribution in [3.05, 3.63) is 64.7 Å². The van der Waals surface area contributed by atoms with Gasteiger partial charge < -0.3 is 5.11 Å². The van der Waals surface area contributed by atoms with E-state index in [-0.39, 0.29) is 4.90 Å². The van der Waals surface area contributed by atoms with E-state index in [2.05, 4.69) is 0 Å². The molecule has 1 saturated carbocycles. The summed E-state index contributed by atoms with van der Waals surface area (Å²) in [5, 5.41) is 18.9. The van der Waals surface area contributed by atoms with Gasteiger partial charge in [-0.25, -0.2) is 8.42 Å². The van der Waals surface area contributed by atoms with Crippen LogP contribution in [0.5, 0.6) is 0 Å². The molecule has 0 aromatic heterocycles. The number of aryl methyl sites for hydroxylation is 1. The molecule has 2 aromatic carbocycles. The number of nitrogens with zero attached hydrogens (tertiary/aromatic N) is 1. The van der Waals surface area contributed by atoms with Crippen molar-refractivity contribution < 1.29 is 13.5 Å². The zero-order valence-electron chi connectivity index (χ0n) is 13.0. The summed E-state index contributed by atoms with van der Waals surface area (Å²) in [6.45, 7) is 1.36. The van der Waals surface area contributed by atoms with Gasteiger partial charge in [0.25, 0.3) is 0 Å². The maximum Gasteiger partial charge on any atom is 0.183 e. The van der Waals surface area contributed by atoms with Crippen LogP contribution in [-0.4, -0.2) is 25.4 Å². The molecule has 124 valence electrons. The minimum Gasteiger partial charge on any atom is -0.395 e. The predicted molar refractivity (Wildman–Crippen MR) is 91.5 cm³/mol. The molecule has 1 N–H and O–H groups in total. The van der Waals surface area contributed by atoms with Gasteiger partial charge in [0.05, 0.1) is 22.8 Å². The highest BCUT2D eigenvalue weighted by atomic mass is 35.5. The molecule has 0 radical (unpaired) electrons. The van der Waals surface area contributed by atoms with E-state index in [1.165, 1.54) is 0 Å². The summed E-state index contributed by atoms with van der Waals surface area (Å²) in [7, 11) is -3.74. The maximum absolute atomic E-state index is 13.0. The molecule has 4 nitrogen and oxygen atoms in total. The van der Waals surface area contributed by atoms with Crippen molar-refractivity contribution in [1.29, 1.82) is 5.26 Å². The third kappa shape index (κ3) is 2.51. The number of halogens is 1. The average Bonchev–Trinajstić information content (AvgIpc) is 3.26. The first kappa shape index (κ1) is 17.0. The first-order valence-corrected chi connectivity index (χ1v) is 9.37. The van der Waals surface area contributed by atoms with Gasteiger partial charge >= 0.3 is 0 Å². The van der Waals surface area contributed by atoms with E-state index in [4.69, 9.17) is 11.6 Å². The summed E-state index contributed by atoms with van der Waals surface area (Å²) in [5.74, 6) is -0.573. The SMILES string of the molecule is Cc1ccc(S(=O)(=O)[C@@H]2[C@H](c3ccc(Cl)cc3)[C@@]2(C#N)CO)cc1. The van der Waals surface area contributed by atoms with Crippen molar-refractivity contribution in [1.82, 2.24) is 0 Å². The molecule has 24 heavy (non-hydrogen) atoms. The lowest BCUT2D eigenvalue weighted by atomic mass is 10.0. The zero-order valence-corrected chi connectivity index (χ0v) is 14.6. The molecule has 0 spiro atoms. The summed E-state index contributed by atoms with van der Waals surface area (Å²) in [6, 6.07) is 15.3. The summed E-state index contributed by atoms with van der Waals surface area (Å²) in [6.07, 6.45) is 0. The standard InChI is InChI=1S/C18H16ClNO3S/c1-12-2-8-15(9-3-12)24(22,23)17-16(18(17,10-20)11-21)13-4-6-14(19)7-5-13/h2-9,16-17,21H,11H2,1H3/t16-,17+,18+/m0/s1. The molecular formula is C18H16ClNO3S. The quantitative estimate of drug-likeness (QED) is 0.907. The number of sulfone groups is 1. The topological polar surface area (TPSA) is 78.2 Å². The Bertz CT molecular complexity index is 901. The summed E-state index contributed by atoms with van der Waals surface area (Å²) in [5.41, 5.74) is 0.320. The summed E-state index contributed by atoms with van der Waals surface area (Å²) < 4.78 is 26.0. The fourth-order valence-corrected chi connectivity index (χ4v) is 5.68. The smallest absolute Gasteiger partial charge is 0.183 e. The van der Waals surface area contributed by atoms with Crippen LogP contribution >= 0.6 is 11.6 Å². The van der Waals surface area contributed by atoms with Crippen LogP contribution < -0.4 is 0 Å². The molecule has 3 rings (SSSR count). The highest BCUT2D eigenvalue weighted by Gasteiger charge is 2.72. The summed E-state index contributed by atoms with van der Waals surface area (Å²) >= 11 is 5.88. The fraction of sp³-hybridized carbons (Fsp3) is 0.278. The van der Waals surface area contributed by atoms with Crippen LogP contribution in [0.4, 0.5) is 0 Å². The van der Waals surface area contributed by atoms with E-state index in [0.29, 0.717) is 10.6 Å².